The summed E-state index contributed by atoms with van der Waals surface area (Å²) in [5.41, 5.74) is 4.22. The SMILES string of the molecule is CCCCCCCCN(C)CCCC(=O)COCc1ccccc1-c1ccccc1COCC(=O)CCCN(C)CCCCCCCC. The summed E-state index contributed by atoms with van der Waals surface area (Å²) in [5, 5.41) is 0. The fourth-order valence-electron chi connectivity index (χ4n) is 6.15. The van der Waals surface area contributed by atoms with Crippen LogP contribution in [-0.2, 0) is 32.3 Å². The largest absolute Gasteiger partial charge is 0.369 e. The zero-order valence-electron chi connectivity index (χ0n) is 31.1. The van der Waals surface area contributed by atoms with E-state index < -0.39 is 0 Å². The molecule has 0 aliphatic heterocycles. The maximum Gasteiger partial charge on any atom is 0.158 e. The predicted molar refractivity (Wildman–Crippen MR) is 201 cm³/mol. The summed E-state index contributed by atoms with van der Waals surface area (Å²) in [5.74, 6) is 0.312. The van der Waals surface area contributed by atoms with Gasteiger partial charge in [-0.15, -0.1) is 0 Å². The molecular weight excluding hydrogens is 596 g/mol. The first-order chi connectivity index (χ1) is 23.4. The monoisotopic (exact) mass is 665 g/mol. The first-order valence-corrected chi connectivity index (χ1v) is 19.2. The number of benzene rings is 2. The first kappa shape index (κ1) is 41.8. The fourth-order valence-corrected chi connectivity index (χ4v) is 6.15. The minimum atomic E-state index is 0.136. The molecule has 0 aliphatic rings. The van der Waals surface area contributed by atoms with E-state index in [0.29, 0.717) is 26.1 Å². The van der Waals surface area contributed by atoms with Crippen molar-refractivity contribution in [3.05, 3.63) is 59.7 Å². The van der Waals surface area contributed by atoms with Gasteiger partial charge in [0.15, 0.2) is 11.6 Å². The average Bonchev–Trinajstić information content (AvgIpc) is 3.08. The average molecular weight is 665 g/mol. The third kappa shape index (κ3) is 19.6. The summed E-state index contributed by atoms with van der Waals surface area (Å²) in [6.45, 7) is 9.64. The molecule has 0 N–H and O–H groups in total. The van der Waals surface area contributed by atoms with Crippen molar-refractivity contribution in [3.8, 4) is 11.1 Å². The second-order valence-corrected chi connectivity index (χ2v) is 13.7. The first-order valence-electron chi connectivity index (χ1n) is 19.2. The molecular formula is C42H68N2O4. The summed E-state index contributed by atoms with van der Waals surface area (Å²) < 4.78 is 11.8. The lowest BCUT2D eigenvalue weighted by atomic mass is 9.96. The summed E-state index contributed by atoms with van der Waals surface area (Å²) >= 11 is 0. The Morgan fingerprint density at radius 3 is 1.27 bits per heavy atom. The Morgan fingerprint density at radius 2 is 0.854 bits per heavy atom. The molecule has 0 amide bonds. The number of hydrogen-bond acceptors (Lipinski definition) is 6. The van der Waals surface area contributed by atoms with Gasteiger partial charge in [0.05, 0.1) is 13.2 Å². The molecule has 0 bridgehead atoms. The van der Waals surface area contributed by atoms with Crippen LogP contribution in [-0.4, -0.2) is 74.9 Å². The number of ether oxygens (including phenoxy) is 2. The Bertz CT molecular complexity index is 1030. The van der Waals surface area contributed by atoms with Gasteiger partial charge in [0.1, 0.15) is 13.2 Å². The van der Waals surface area contributed by atoms with Crippen LogP contribution in [0.15, 0.2) is 48.5 Å². The van der Waals surface area contributed by atoms with E-state index in [0.717, 1.165) is 61.3 Å². The Kier molecular flexibility index (Phi) is 23.9. The topological polar surface area (TPSA) is 59.1 Å². The van der Waals surface area contributed by atoms with Gasteiger partial charge in [0.25, 0.3) is 0 Å². The van der Waals surface area contributed by atoms with Crippen molar-refractivity contribution in [2.24, 2.45) is 0 Å². The van der Waals surface area contributed by atoms with Gasteiger partial charge in [0.2, 0.25) is 0 Å². The van der Waals surface area contributed by atoms with Crippen LogP contribution in [0.3, 0.4) is 0 Å². The Morgan fingerprint density at radius 1 is 0.500 bits per heavy atom. The molecule has 0 radical (unpaired) electrons. The van der Waals surface area contributed by atoms with Gasteiger partial charge < -0.3 is 19.3 Å². The minimum Gasteiger partial charge on any atom is -0.369 e. The lowest BCUT2D eigenvalue weighted by Gasteiger charge is -2.16. The van der Waals surface area contributed by atoms with E-state index in [2.05, 4.69) is 62.0 Å². The number of rotatable bonds is 31. The lowest BCUT2D eigenvalue weighted by molar-refractivity contribution is -0.124. The highest BCUT2D eigenvalue weighted by atomic mass is 16.5. The molecule has 0 saturated carbocycles. The number of nitrogens with zero attached hydrogens (tertiary/aromatic N) is 2. The van der Waals surface area contributed by atoms with Gasteiger partial charge in [-0.1, -0.05) is 127 Å². The molecule has 0 aliphatic carbocycles. The van der Waals surface area contributed by atoms with Gasteiger partial charge in [-0.25, -0.2) is 0 Å². The highest BCUT2D eigenvalue weighted by Crippen LogP contribution is 2.28. The van der Waals surface area contributed by atoms with E-state index in [-0.39, 0.29) is 24.8 Å². The van der Waals surface area contributed by atoms with Crippen molar-refractivity contribution in [1.82, 2.24) is 9.80 Å². The summed E-state index contributed by atoms with van der Waals surface area (Å²) in [6.07, 6.45) is 18.5. The molecule has 0 atom stereocenters. The van der Waals surface area contributed by atoms with Crippen molar-refractivity contribution in [1.29, 1.82) is 0 Å². The molecule has 0 saturated heterocycles. The Balaban J connectivity index is 1.70. The third-order valence-electron chi connectivity index (χ3n) is 9.14. The van der Waals surface area contributed by atoms with Crippen LogP contribution in [0.4, 0.5) is 0 Å². The van der Waals surface area contributed by atoms with Crippen molar-refractivity contribution in [3.63, 3.8) is 0 Å². The van der Waals surface area contributed by atoms with E-state index in [9.17, 15) is 9.59 Å². The van der Waals surface area contributed by atoms with Crippen molar-refractivity contribution in [2.45, 2.75) is 130 Å². The van der Waals surface area contributed by atoms with E-state index in [4.69, 9.17) is 9.47 Å². The van der Waals surface area contributed by atoms with Gasteiger partial charge >= 0.3 is 0 Å². The van der Waals surface area contributed by atoms with Gasteiger partial charge in [-0.2, -0.15) is 0 Å². The highest BCUT2D eigenvalue weighted by Gasteiger charge is 2.12. The number of hydrogen-bond donors (Lipinski definition) is 0. The maximum absolute atomic E-state index is 12.5. The molecule has 6 heteroatoms. The van der Waals surface area contributed by atoms with Gasteiger partial charge in [-0.3, -0.25) is 9.59 Å². The molecule has 6 nitrogen and oxygen atoms in total. The van der Waals surface area contributed by atoms with E-state index in [1.807, 2.05) is 24.3 Å². The molecule has 0 aromatic heterocycles. The minimum absolute atomic E-state index is 0.136. The van der Waals surface area contributed by atoms with E-state index in [1.54, 1.807) is 0 Å². The summed E-state index contributed by atoms with van der Waals surface area (Å²) in [6, 6.07) is 16.4. The molecule has 2 aromatic rings. The number of carbonyl (C=O) groups excluding carboxylic acids is 2. The number of carbonyl (C=O) groups is 2. The van der Waals surface area contributed by atoms with Crippen molar-refractivity contribution < 1.29 is 19.1 Å². The van der Waals surface area contributed by atoms with E-state index >= 15 is 0 Å². The van der Waals surface area contributed by atoms with Crippen LogP contribution in [0, 0.1) is 0 Å². The Labute approximate surface area is 294 Å². The zero-order valence-corrected chi connectivity index (χ0v) is 31.1. The molecule has 0 heterocycles. The lowest BCUT2D eigenvalue weighted by Crippen LogP contribution is -2.22. The zero-order chi connectivity index (χ0) is 34.7. The number of unbranched alkanes of at least 4 members (excludes halogenated alkanes) is 10. The number of ketones is 2. The van der Waals surface area contributed by atoms with Gasteiger partial charge in [0, 0.05) is 12.8 Å². The highest BCUT2D eigenvalue weighted by molar-refractivity contribution is 5.80. The number of Topliss-reactive ketones (excluding diaryl/α,β-unsaturated/α-hetero) is 2. The molecule has 0 spiro atoms. The second-order valence-electron chi connectivity index (χ2n) is 13.7. The third-order valence-corrected chi connectivity index (χ3v) is 9.14. The van der Waals surface area contributed by atoms with Crippen LogP contribution < -0.4 is 0 Å². The quantitative estimate of drug-likeness (QED) is 0.0748. The molecule has 48 heavy (non-hydrogen) atoms. The maximum atomic E-state index is 12.5. The second kappa shape index (κ2) is 27.4. The van der Waals surface area contributed by atoms with Crippen LogP contribution in [0.2, 0.25) is 0 Å². The Hall–Kier alpha value is -2.38. The van der Waals surface area contributed by atoms with Crippen molar-refractivity contribution >= 4 is 11.6 Å². The molecule has 2 aromatic carbocycles. The molecule has 0 fully saturated rings. The van der Waals surface area contributed by atoms with Crippen LogP contribution in [0.5, 0.6) is 0 Å². The smallest absolute Gasteiger partial charge is 0.158 e. The van der Waals surface area contributed by atoms with Crippen molar-refractivity contribution in [2.75, 3.05) is 53.5 Å². The molecule has 0 unspecified atom stereocenters. The summed E-state index contributed by atoms with van der Waals surface area (Å²) in [7, 11) is 4.31. The molecule has 270 valence electrons. The van der Waals surface area contributed by atoms with E-state index in [1.165, 1.54) is 77.0 Å². The summed E-state index contributed by atoms with van der Waals surface area (Å²) in [4.78, 5) is 29.8. The predicted octanol–water partition coefficient (Wildman–Crippen LogP) is 9.67. The normalized spacial score (nSPS) is 11.5. The fraction of sp³-hybridized carbons (Fsp3) is 0.667. The molecule has 2 rings (SSSR count). The standard InChI is InChI=1S/C42H68N2O4/c1-5-7-9-11-13-19-29-43(3)31-21-25-39(45)35-47-33-37-23-15-17-27-41(37)42-28-18-16-24-38(42)34-48-36-40(46)26-22-32-44(4)30-20-14-12-10-8-6-2/h15-18,23-24,27-28H,5-14,19-22,25-26,29-36H2,1-4H3. The van der Waals surface area contributed by atoms with Crippen LogP contribution >= 0.6 is 0 Å². The van der Waals surface area contributed by atoms with Gasteiger partial charge in [-0.05, 0) is 88.2 Å². The van der Waals surface area contributed by atoms with Crippen LogP contribution in [0.25, 0.3) is 11.1 Å². The van der Waals surface area contributed by atoms with Crippen LogP contribution in [0.1, 0.15) is 128 Å².